The Hall–Kier alpha value is -1.58. The Morgan fingerprint density at radius 1 is 1.40 bits per heavy atom. The Labute approximate surface area is 90.6 Å². The summed E-state index contributed by atoms with van der Waals surface area (Å²) in [6.45, 7) is 6.01. The first-order valence-corrected chi connectivity index (χ1v) is 5.10. The van der Waals surface area contributed by atoms with Crippen LogP contribution in [0.15, 0.2) is 29.4 Å². The molecule has 1 atom stereocenters. The molecule has 4 nitrogen and oxygen atoms in total. The lowest BCUT2D eigenvalue weighted by molar-refractivity contribution is 0.705. The van der Waals surface area contributed by atoms with E-state index in [1.807, 2.05) is 39.0 Å². The quantitative estimate of drug-likeness (QED) is 0.581. The Morgan fingerprint density at radius 2 is 2.13 bits per heavy atom. The third-order valence-electron chi connectivity index (χ3n) is 1.89. The number of nitrogens with one attached hydrogen (secondary N) is 1. The van der Waals surface area contributed by atoms with Gasteiger partial charge in [-0.15, -0.1) is 0 Å². The lowest BCUT2D eigenvalue weighted by atomic mass is 10.2. The van der Waals surface area contributed by atoms with E-state index in [0.717, 1.165) is 5.69 Å². The van der Waals surface area contributed by atoms with Crippen LogP contribution < -0.4 is 11.1 Å². The maximum Gasteiger partial charge on any atom is 0.189 e. The van der Waals surface area contributed by atoms with Crippen LogP contribution in [0.1, 0.15) is 32.5 Å². The van der Waals surface area contributed by atoms with Crippen molar-refractivity contribution in [3.05, 3.63) is 30.1 Å². The van der Waals surface area contributed by atoms with Gasteiger partial charge in [0.2, 0.25) is 0 Å². The Bertz CT molecular complexity index is 319. The number of guanidine groups is 1. The van der Waals surface area contributed by atoms with Crippen molar-refractivity contribution in [3.8, 4) is 0 Å². The van der Waals surface area contributed by atoms with E-state index in [1.165, 1.54) is 0 Å². The summed E-state index contributed by atoms with van der Waals surface area (Å²) >= 11 is 0. The maximum atomic E-state index is 5.72. The number of hydrogen-bond donors (Lipinski definition) is 2. The van der Waals surface area contributed by atoms with Crippen molar-refractivity contribution in [2.24, 2.45) is 10.7 Å². The SMILES string of the molecule is CC(C)NC(N)=NC(C)c1ccccn1. The molecule has 0 bridgehead atoms. The zero-order chi connectivity index (χ0) is 11.3. The van der Waals surface area contributed by atoms with E-state index in [9.17, 15) is 0 Å². The second-order valence-corrected chi connectivity index (χ2v) is 3.74. The first kappa shape index (κ1) is 11.5. The van der Waals surface area contributed by atoms with Crippen LogP contribution in [0.2, 0.25) is 0 Å². The van der Waals surface area contributed by atoms with Crippen LogP contribution in [-0.2, 0) is 0 Å². The lowest BCUT2D eigenvalue weighted by Crippen LogP contribution is -2.37. The minimum absolute atomic E-state index is 0.0163. The molecule has 0 radical (unpaired) electrons. The van der Waals surface area contributed by atoms with Crippen LogP contribution in [0.25, 0.3) is 0 Å². The van der Waals surface area contributed by atoms with Gasteiger partial charge in [-0.2, -0.15) is 0 Å². The molecule has 1 heterocycles. The van der Waals surface area contributed by atoms with Gasteiger partial charge in [0, 0.05) is 12.2 Å². The summed E-state index contributed by atoms with van der Waals surface area (Å²) in [6.07, 6.45) is 1.76. The molecule has 0 saturated carbocycles. The van der Waals surface area contributed by atoms with E-state index < -0.39 is 0 Å². The highest BCUT2D eigenvalue weighted by Crippen LogP contribution is 2.12. The number of nitrogens with zero attached hydrogens (tertiary/aromatic N) is 2. The minimum atomic E-state index is -0.0163. The van der Waals surface area contributed by atoms with Gasteiger partial charge in [-0.25, -0.2) is 4.99 Å². The zero-order valence-corrected chi connectivity index (χ0v) is 9.44. The predicted octanol–water partition coefficient (Wildman–Crippen LogP) is 1.46. The summed E-state index contributed by atoms with van der Waals surface area (Å²) in [5, 5.41) is 3.04. The molecule has 0 fully saturated rings. The summed E-state index contributed by atoms with van der Waals surface area (Å²) in [7, 11) is 0. The van der Waals surface area contributed by atoms with Gasteiger partial charge < -0.3 is 11.1 Å². The fourth-order valence-corrected chi connectivity index (χ4v) is 1.23. The third kappa shape index (κ3) is 3.97. The molecule has 15 heavy (non-hydrogen) atoms. The number of aromatic nitrogens is 1. The largest absolute Gasteiger partial charge is 0.370 e. The van der Waals surface area contributed by atoms with Gasteiger partial charge in [0.15, 0.2) is 5.96 Å². The second kappa shape index (κ2) is 5.34. The van der Waals surface area contributed by atoms with E-state index >= 15 is 0 Å². The molecule has 1 aromatic rings. The standard InChI is InChI=1S/C11H18N4/c1-8(2)14-11(12)15-9(3)10-6-4-5-7-13-10/h4-9H,1-3H3,(H3,12,14,15). The van der Waals surface area contributed by atoms with Crippen LogP contribution in [0.3, 0.4) is 0 Å². The molecule has 0 amide bonds. The fraction of sp³-hybridized carbons (Fsp3) is 0.455. The Kier molecular flexibility index (Phi) is 4.09. The highest BCUT2D eigenvalue weighted by molar-refractivity contribution is 5.78. The molecule has 1 rings (SSSR count). The molecule has 0 aliphatic rings. The maximum absolute atomic E-state index is 5.72. The molecule has 3 N–H and O–H groups in total. The average Bonchev–Trinajstić information content (AvgIpc) is 2.17. The molecule has 1 aromatic heterocycles. The number of rotatable bonds is 3. The fourth-order valence-electron chi connectivity index (χ4n) is 1.23. The summed E-state index contributed by atoms with van der Waals surface area (Å²) in [5.41, 5.74) is 6.65. The van der Waals surface area contributed by atoms with Crippen molar-refractivity contribution in [2.75, 3.05) is 0 Å². The molecule has 0 aliphatic heterocycles. The number of pyridine rings is 1. The zero-order valence-electron chi connectivity index (χ0n) is 9.44. The molecular weight excluding hydrogens is 188 g/mol. The van der Waals surface area contributed by atoms with Gasteiger partial charge in [-0.1, -0.05) is 6.07 Å². The molecule has 4 heteroatoms. The van der Waals surface area contributed by atoms with E-state index in [4.69, 9.17) is 5.73 Å². The molecule has 0 spiro atoms. The summed E-state index contributed by atoms with van der Waals surface area (Å²) < 4.78 is 0. The van der Waals surface area contributed by atoms with Gasteiger partial charge in [0.05, 0.1) is 11.7 Å². The van der Waals surface area contributed by atoms with Gasteiger partial charge in [-0.3, -0.25) is 4.98 Å². The van der Waals surface area contributed by atoms with Gasteiger partial charge in [0.25, 0.3) is 0 Å². The van der Waals surface area contributed by atoms with Gasteiger partial charge in [0.1, 0.15) is 0 Å². The molecule has 1 unspecified atom stereocenters. The smallest absolute Gasteiger partial charge is 0.189 e. The normalized spacial score (nSPS) is 14.0. The highest BCUT2D eigenvalue weighted by Gasteiger charge is 2.05. The van der Waals surface area contributed by atoms with E-state index in [-0.39, 0.29) is 6.04 Å². The highest BCUT2D eigenvalue weighted by atomic mass is 15.1. The summed E-state index contributed by atoms with van der Waals surface area (Å²) in [4.78, 5) is 8.53. The monoisotopic (exact) mass is 206 g/mol. The van der Waals surface area contributed by atoms with Crippen molar-refractivity contribution in [1.29, 1.82) is 0 Å². The Morgan fingerprint density at radius 3 is 2.67 bits per heavy atom. The molecule has 0 aliphatic carbocycles. The lowest BCUT2D eigenvalue weighted by Gasteiger charge is -2.11. The van der Waals surface area contributed by atoms with Crippen LogP contribution in [0.4, 0.5) is 0 Å². The summed E-state index contributed by atoms with van der Waals surface area (Å²) in [6, 6.07) is 6.05. The molecule has 0 saturated heterocycles. The molecule has 0 aromatic carbocycles. The molecular formula is C11H18N4. The van der Waals surface area contributed by atoms with E-state index in [0.29, 0.717) is 12.0 Å². The predicted molar refractivity (Wildman–Crippen MR) is 62.5 cm³/mol. The first-order chi connectivity index (χ1) is 7.09. The van der Waals surface area contributed by atoms with E-state index in [1.54, 1.807) is 6.20 Å². The second-order valence-electron chi connectivity index (χ2n) is 3.74. The summed E-state index contributed by atoms with van der Waals surface area (Å²) in [5.74, 6) is 0.461. The van der Waals surface area contributed by atoms with Gasteiger partial charge >= 0.3 is 0 Å². The van der Waals surface area contributed by atoms with Crippen LogP contribution >= 0.6 is 0 Å². The Balaban J connectivity index is 2.66. The number of hydrogen-bond acceptors (Lipinski definition) is 2. The number of nitrogens with two attached hydrogens (primary N) is 1. The van der Waals surface area contributed by atoms with Crippen molar-refractivity contribution in [1.82, 2.24) is 10.3 Å². The van der Waals surface area contributed by atoms with Crippen molar-refractivity contribution < 1.29 is 0 Å². The minimum Gasteiger partial charge on any atom is -0.370 e. The number of aliphatic imine (C=N–C) groups is 1. The van der Waals surface area contributed by atoms with Gasteiger partial charge in [-0.05, 0) is 32.9 Å². The van der Waals surface area contributed by atoms with Crippen LogP contribution in [-0.4, -0.2) is 17.0 Å². The molecule has 82 valence electrons. The van der Waals surface area contributed by atoms with Crippen molar-refractivity contribution in [3.63, 3.8) is 0 Å². The van der Waals surface area contributed by atoms with Crippen LogP contribution in [0.5, 0.6) is 0 Å². The van der Waals surface area contributed by atoms with Crippen LogP contribution in [0, 0.1) is 0 Å². The topological polar surface area (TPSA) is 63.3 Å². The van der Waals surface area contributed by atoms with Crippen molar-refractivity contribution in [2.45, 2.75) is 32.9 Å². The third-order valence-corrected chi connectivity index (χ3v) is 1.89. The van der Waals surface area contributed by atoms with Crippen molar-refractivity contribution >= 4 is 5.96 Å². The first-order valence-electron chi connectivity index (χ1n) is 5.10. The van der Waals surface area contributed by atoms with E-state index in [2.05, 4.69) is 15.3 Å². The average molecular weight is 206 g/mol.